The molecule has 1 unspecified atom stereocenters. The molecule has 0 saturated carbocycles. The Morgan fingerprint density at radius 1 is 1.32 bits per heavy atom. The molecule has 0 spiro atoms. The van der Waals surface area contributed by atoms with Crippen molar-refractivity contribution in [3.8, 4) is 0 Å². The second-order valence-electron chi connectivity index (χ2n) is 5.08. The van der Waals surface area contributed by atoms with E-state index in [1.165, 1.54) is 24.1 Å². The lowest BCUT2D eigenvalue weighted by Crippen LogP contribution is -2.34. The van der Waals surface area contributed by atoms with Crippen LogP contribution in [0, 0.1) is 0 Å². The largest absolute Gasteiger partial charge is 0.369 e. The van der Waals surface area contributed by atoms with Crippen LogP contribution in [0.1, 0.15) is 45.6 Å². The summed E-state index contributed by atoms with van der Waals surface area (Å²) in [6, 6.07) is 6.71. The Bertz CT molecular complexity index is 379. The molecule has 3 heteroatoms. The van der Waals surface area contributed by atoms with Gasteiger partial charge in [0.25, 0.3) is 0 Å². The van der Waals surface area contributed by atoms with Gasteiger partial charge in [-0.05, 0) is 50.4 Å². The number of rotatable bonds is 8. The second-order valence-corrected chi connectivity index (χ2v) is 5.49. The third-order valence-electron chi connectivity index (χ3n) is 3.67. The first-order valence-electron chi connectivity index (χ1n) is 7.39. The highest BCUT2D eigenvalue weighted by atomic mass is 35.5. The van der Waals surface area contributed by atoms with Crippen LogP contribution in [0.4, 0.5) is 5.69 Å². The molecule has 19 heavy (non-hydrogen) atoms. The zero-order valence-electron chi connectivity index (χ0n) is 12.5. The smallest absolute Gasteiger partial charge is 0.0459 e. The van der Waals surface area contributed by atoms with Gasteiger partial charge < -0.3 is 10.6 Å². The minimum atomic E-state index is 0.529. The van der Waals surface area contributed by atoms with E-state index in [9.17, 15) is 0 Å². The fourth-order valence-electron chi connectivity index (χ4n) is 2.34. The fraction of sp³-hybridized carbons (Fsp3) is 0.625. The van der Waals surface area contributed by atoms with Gasteiger partial charge in [0.1, 0.15) is 0 Å². The van der Waals surface area contributed by atoms with Crippen molar-refractivity contribution in [2.45, 2.75) is 52.5 Å². The van der Waals surface area contributed by atoms with Gasteiger partial charge in [-0.3, -0.25) is 0 Å². The molecule has 108 valence electrons. The van der Waals surface area contributed by atoms with E-state index < -0.39 is 0 Å². The molecule has 0 fully saturated rings. The summed E-state index contributed by atoms with van der Waals surface area (Å²) in [5.41, 5.74) is 8.19. The van der Waals surface area contributed by atoms with Gasteiger partial charge in [0.15, 0.2) is 0 Å². The number of nitrogens with zero attached hydrogens (tertiary/aromatic N) is 1. The number of benzene rings is 1. The molecule has 1 atom stereocenters. The Morgan fingerprint density at radius 3 is 2.63 bits per heavy atom. The maximum absolute atomic E-state index is 6.35. The number of hydrogen-bond donors (Lipinski definition) is 1. The molecule has 2 nitrogen and oxygen atoms in total. The maximum Gasteiger partial charge on any atom is 0.0459 e. The van der Waals surface area contributed by atoms with Crippen molar-refractivity contribution in [1.82, 2.24) is 0 Å². The SMILES string of the molecule is CCCCN(c1cccc(Cl)c1CCN)C(C)CC. The fourth-order valence-corrected chi connectivity index (χ4v) is 2.60. The highest BCUT2D eigenvalue weighted by Gasteiger charge is 2.17. The summed E-state index contributed by atoms with van der Waals surface area (Å²) in [4.78, 5) is 2.49. The molecule has 0 aliphatic rings. The monoisotopic (exact) mass is 282 g/mol. The van der Waals surface area contributed by atoms with Crippen LogP contribution in [0.2, 0.25) is 5.02 Å². The average molecular weight is 283 g/mol. The van der Waals surface area contributed by atoms with Crippen LogP contribution in [0.15, 0.2) is 18.2 Å². The summed E-state index contributed by atoms with van der Waals surface area (Å²) >= 11 is 6.35. The average Bonchev–Trinajstić information content (AvgIpc) is 2.42. The van der Waals surface area contributed by atoms with E-state index in [0.29, 0.717) is 12.6 Å². The zero-order valence-corrected chi connectivity index (χ0v) is 13.2. The minimum absolute atomic E-state index is 0.529. The molecule has 0 heterocycles. The Kier molecular flexibility index (Phi) is 7.25. The lowest BCUT2D eigenvalue weighted by molar-refractivity contribution is 0.593. The number of hydrogen-bond acceptors (Lipinski definition) is 2. The van der Waals surface area contributed by atoms with Crippen LogP contribution in [-0.4, -0.2) is 19.1 Å². The van der Waals surface area contributed by atoms with Gasteiger partial charge in [-0.1, -0.05) is 37.9 Å². The van der Waals surface area contributed by atoms with E-state index in [4.69, 9.17) is 17.3 Å². The summed E-state index contributed by atoms with van der Waals surface area (Å²) in [6.45, 7) is 8.47. The predicted molar refractivity (Wildman–Crippen MR) is 86.2 cm³/mol. The molecule has 0 bridgehead atoms. The lowest BCUT2D eigenvalue weighted by Gasteiger charge is -2.33. The maximum atomic E-state index is 6.35. The summed E-state index contributed by atoms with van der Waals surface area (Å²) < 4.78 is 0. The Hall–Kier alpha value is -0.730. The zero-order chi connectivity index (χ0) is 14.3. The molecule has 0 aromatic heterocycles. The number of nitrogens with two attached hydrogens (primary N) is 1. The van der Waals surface area contributed by atoms with E-state index in [1.54, 1.807) is 0 Å². The third kappa shape index (κ3) is 4.39. The first kappa shape index (κ1) is 16.3. The molecule has 0 saturated heterocycles. The van der Waals surface area contributed by atoms with E-state index >= 15 is 0 Å². The Morgan fingerprint density at radius 2 is 2.05 bits per heavy atom. The molecular formula is C16H27ClN2. The van der Waals surface area contributed by atoms with Crippen molar-refractivity contribution in [1.29, 1.82) is 0 Å². The predicted octanol–water partition coefficient (Wildman–Crippen LogP) is 4.25. The molecular weight excluding hydrogens is 256 g/mol. The third-order valence-corrected chi connectivity index (χ3v) is 4.03. The standard InChI is InChI=1S/C16H27ClN2/c1-4-6-12-19(13(3)5-2)16-9-7-8-15(17)14(16)10-11-18/h7-9,13H,4-6,10-12,18H2,1-3H3. The van der Waals surface area contributed by atoms with Crippen LogP contribution >= 0.6 is 11.6 Å². The van der Waals surface area contributed by atoms with Gasteiger partial charge in [0.2, 0.25) is 0 Å². The highest BCUT2D eigenvalue weighted by molar-refractivity contribution is 6.31. The van der Waals surface area contributed by atoms with E-state index in [-0.39, 0.29) is 0 Å². The van der Waals surface area contributed by atoms with E-state index in [2.05, 4.69) is 31.7 Å². The number of unbranched alkanes of at least 4 members (excludes halogenated alkanes) is 1. The lowest BCUT2D eigenvalue weighted by atomic mass is 10.1. The summed E-state index contributed by atoms with van der Waals surface area (Å²) in [7, 11) is 0. The number of anilines is 1. The molecule has 1 aromatic carbocycles. The molecule has 1 aromatic rings. The summed E-state index contributed by atoms with van der Waals surface area (Å²) in [5, 5.41) is 0.841. The quantitative estimate of drug-likeness (QED) is 0.772. The van der Waals surface area contributed by atoms with Crippen molar-refractivity contribution >= 4 is 17.3 Å². The summed E-state index contributed by atoms with van der Waals surface area (Å²) in [6.07, 6.45) is 4.39. The minimum Gasteiger partial charge on any atom is -0.369 e. The van der Waals surface area contributed by atoms with Gasteiger partial charge >= 0.3 is 0 Å². The van der Waals surface area contributed by atoms with Gasteiger partial charge in [0, 0.05) is 23.3 Å². The second kappa shape index (κ2) is 8.44. The Labute approximate surface area is 122 Å². The first-order chi connectivity index (χ1) is 9.15. The molecule has 0 aliphatic heterocycles. The van der Waals surface area contributed by atoms with Crippen molar-refractivity contribution in [3.05, 3.63) is 28.8 Å². The molecule has 0 amide bonds. The highest BCUT2D eigenvalue weighted by Crippen LogP contribution is 2.30. The topological polar surface area (TPSA) is 29.3 Å². The molecule has 2 N–H and O–H groups in total. The van der Waals surface area contributed by atoms with Gasteiger partial charge in [0.05, 0.1) is 0 Å². The Balaban J connectivity index is 3.09. The van der Waals surface area contributed by atoms with Crippen molar-refractivity contribution < 1.29 is 0 Å². The van der Waals surface area contributed by atoms with Crippen LogP contribution in [0.5, 0.6) is 0 Å². The van der Waals surface area contributed by atoms with Crippen LogP contribution in [-0.2, 0) is 6.42 Å². The van der Waals surface area contributed by atoms with Gasteiger partial charge in [-0.25, -0.2) is 0 Å². The number of halogens is 1. The molecule has 0 radical (unpaired) electrons. The van der Waals surface area contributed by atoms with Gasteiger partial charge in [-0.15, -0.1) is 0 Å². The normalized spacial score (nSPS) is 12.5. The van der Waals surface area contributed by atoms with Crippen LogP contribution in [0.25, 0.3) is 0 Å². The molecule has 0 aliphatic carbocycles. The first-order valence-corrected chi connectivity index (χ1v) is 7.77. The van der Waals surface area contributed by atoms with Crippen molar-refractivity contribution in [2.24, 2.45) is 5.73 Å². The molecule has 1 rings (SSSR count). The van der Waals surface area contributed by atoms with Crippen LogP contribution in [0.3, 0.4) is 0 Å². The van der Waals surface area contributed by atoms with Crippen molar-refractivity contribution in [2.75, 3.05) is 18.0 Å². The van der Waals surface area contributed by atoms with Gasteiger partial charge in [-0.2, -0.15) is 0 Å². The van der Waals surface area contributed by atoms with Crippen LogP contribution < -0.4 is 10.6 Å². The van der Waals surface area contributed by atoms with Crippen molar-refractivity contribution in [3.63, 3.8) is 0 Å². The van der Waals surface area contributed by atoms with E-state index in [0.717, 1.165) is 24.4 Å². The summed E-state index contributed by atoms with van der Waals surface area (Å²) in [5.74, 6) is 0. The van der Waals surface area contributed by atoms with E-state index in [1.807, 2.05) is 12.1 Å².